The van der Waals surface area contributed by atoms with E-state index in [1.54, 1.807) is 60.7 Å². The number of sulfonamides is 1. The Morgan fingerprint density at radius 1 is 1.00 bits per heavy atom. The van der Waals surface area contributed by atoms with Crippen LogP contribution >= 0.6 is 23.2 Å². The first-order valence-electron chi connectivity index (χ1n) is 9.24. The van der Waals surface area contributed by atoms with Crippen LogP contribution in [0.3, 0.4) is 0 Å². The summed E-state index contributed by atoms with van der Waals surface area (Å²) in [6, 6.07) is 19.4. The van der Waals surface area contributed by atoms with Gasteiger partial charge in [-0.05, 0) is 54.1 Å². The van der Waals surface area contributed by atoms with E-state index in [0.29, 0.717) is 27.0 Å². The van der Waals surface area contributed by atoms with E-state index in [2.05, 4.69) is 5.32 Å². The minimum absolute atomic E-state index is 0.0469. The quantitative estimate of drug-likeness (QED) is 0.516. The fourth-order valence-electron chi connectivity index (χ4n) is 2.83. The topological polar surface area (TPSA) is 75.7 Å². The molecule has 0 saturated heterocycles. The van der Waals surface area contributed by atoms with E-state index in [1.807, 2.05) is 0 Å². The van der Waals surface area contributed by atoms with Gasteiger partial charge in [0.25, 0.3) is 10.0 Å². The van der Waals surface area contributed by atoms with Crippen LogP contribution in [0.25, 0.3) is 0 Å². The second-order valence-electron chi connectivity index (χ2n) is 6.54. The van der Waals surface area contributed by atoms with Crippen LogP contribution < -0.4 is 14.4 Å². The summed E-state index contributed by atoms with van der Waals surface area (Å²) in [7, 11) is -2.50. The van der Waals surface area contributed by atoms with E-state index in [-0.39, 0.29) is 11.4 Å². The van der Waals surface area contributed by atoms with Gasteiger partial charge in [0.2, 0.25) is 5.91 Å². The van der Waals surface area contributed by atoms with Crippen LogP contribution in [0.2, 0.25) is 10.0 Å². The second-order valence-corrected chi connectivity index (χ2v) is 9.24. The molecule has 0 heterocycles. The van der Waals surface area contributed by atoms with Gasteiger partial charge in [-0.25, -0.2) is 8.42 Å². The lowest BCUT2D eigenvalue weighted by molar-refractivity contribution is -0.119. The molecule has 0 fully saturated rings. The van der Waals surface area contributed by atoms with Crippen LogP contribution in [0.1, 0.15) is 5.56 Å². The Kier molecular flexibility index (Phi) is 7.43. The molecule has 0 bridgehead atoms. The van der Waals surface area contributed by atoms with Crippen LogP contribution in [-0.4, -0.2) is 28.0 Å². The molecule has 0 spiro atoms. The number of nitrogens with zero attached hydrogens (tertiary/aromatic N) is 1. The average Bonchev–Trinajstić information content (AvgIpc) is 2.77. The molecule has 0 aliphatic carbocycles. The summed E-state index contributed by atoms with van der Waals surface area (Å²) in [6.07, 6.45) is 0. The SMILES string of the molecule is COc1ccc(S(=O)(=O)N(CC(=O)NCc2ccc(Cl)cc2Cl)c2ccccc2)cc1. The number of anilines is 1. The first-order chi connectivity index (χ1) is 14.8. The number of methoxy groups -OCH3 is 1. The monoisotopic (exact) mass is 478 g/mol. The molecular weight excluding hydrogens is 459 g/mol. The smallest absolute Gasteiger partial charge is 0.264 e. The fourth-order valence-corrected chi connectivity index (χ4v) is 4.73. The van der Waals surface area contributed by atoms with Crippen molar-refractivity contribution in [3.63, 3.8) is 0 Å². The van der Waals surface area contributed by atoms with Crippen LogP contribution in [0.5, 0.6) is 5.75 Å². The highest BCUT2D eigenvalue weighted by Gasteiger charge is 2.27. The zero-order chi connectivity index (χ0) is 22.4. The summed E-state index contributed by atoms with van der Waals surface area (Å²) < 4.78 is 32.8. The third-order valence-electron chi connectivity index (χ3n) is 4.47. The Bertz CT molecular complexity index is 1150. The normalized spacial score (nSPS) is 11.1. The number of carbonyl (C=O) groups excluding carboxylic acids is 1. The number of benzene rings is 3. The number of halogens is 2. The van der Waals surface area contributed by atoms with Crippen molar-refractivity contribution in [3.05, 3.63) is 88.4 Å². The Balaban J connectivity index is 1.83. The number of carbonyl (C=O) groups is 1. The van der Waals surface area contributed by atoms with E-state index < -0.39 is 22.5 Å². The average molecular weight is 479 g/mol. The summed E-state index contributed by atoms with van der Waals surface area (Å²) in [6.45, 7) is -0.260. The number of amides is 1. The van der Waals surface area contributed by atoms with Crippen molar-refractivity contribution in [2.45, 2.75) is 11.4 Å². The van der Waals surface area contributed by atoms with Crippen molar-refractivity contribution in [1.29, 1.82) is 0 Å². The lowest BCUT2D eigenvalue weighted by atomic mass is 10.2. The Hall–Kier alpha value is -2.74. The minimum Gasteiger partial charge on any atom is -0.497 e. The number of rotatable bonds is 8. The van der Waals surface area contributed by atoms with Crippen molar-refractivity contribution in [3.8, 4) is 5.75 Å². The maximum atomic E-state index is 13.3. The molecule has 1 N–H and O–H groups in total. The van der Waals surface area contributed by atoms with E-state index in [4.69, 9.17) is 27.9 Å². The van der Waals surface area contributed by atoms with Gasteiger partial charge in [-0.3, -0.25) is 9.10 Å². The van der Waals surface area contributed by atoms with Gasteiger partial charge < -0.3 is 10.1 Å². The van der Waals surface area contributed by atoms with Crippen LogP contribution in [0, 0.1) is 0 Å². The zero-order valence-corrected chi connectivity index (χ0v) is 18.9. The van der Waals surface area contributed by atoms with Crippen LogP contribution in [0.4, 0.5) is 5.69 Å². The number of nitrogens with one attached hydrogen (secondary N) is 1. The molecule has 6 nitrogen and oxygen atoms in total. The lowest BCUT2D eigenvalue weighted by Gasteiger charge is -2.24. The molecule has 3 aromatic carbocycles. The molecule has 31 heavy (non-hydrogen) atoms. The van der Waals surface area contributed by atoms with Crippen molar-refractivity contribution in [1.82, 2.24) is 5.32 Å². The minimum atomic E-state index is -4.00. The molecule has 0 unspecified atom stereocenters. The second kappa shape index (κ2) is 10.0. The zero-order valence-electron chi connectivity index (χ0n) is 16.6. The van der Waals surface area contributed by atoms with E-state index in [9.17, 15) is 13.2 Å². The molecule has 3 rings (SSSR count). The van der Waals surface area contributed by atoms with Crippen LogP contribution in [-0.2, 0) is 21.4 Å². The van der Waals surface area contributed by atoms with Gasteiger partial charge in [0.05, 0.1) is 17.7 Å². The molecule has 3 aromatic rings. The van der Waals surface area contributed by atoms with E-state index in [0.717, 1.165) is 4.31 Å². The molecule has 0 radical (unpaired) electrons. The third-order valence-corrected chi connectivity index (χ3v) is 6.84. The highest BCUT2D eigenvalue weighted by molar-refractivity contribution is 7.92. The van der Waals surface area contributed by atoms with Gasteiger partial charge in [-0.1, -0.05) is 47.5 Å². The number of hydrogen-bond acceptors (Lipinski definition) is 4. The summed E-state index contributed by atoms with van der Waals surface area (Å²) in [5.41, 5.74) is 1.04. The van der Waals surface area contributed by atoms with Gasteiger partial charge in [0.15, 0.2) is 0 Å². The summed E-state index contributed by atoms with van der Waals surface area (Å²) in [4.78, 5) is 12.7. The van der Waals surface area contributed by atoms with Crippen molar-refractivity contribution in [2.24, 2.45) is 0 Å². The van der Waals surface area contributed by atoms with E-state index >= 15 is 0 Å². The van der Waals surface area contributed by atoms with Gasteiger partial charge in [0, 0.05) is 16.6 Å². The first-order valence-corrected chi connectivity index (χ1v) is 11.4. The predicted molar refractivity (Wildman–Crippen MR) is 122 cm³/mol. The molecule has 162 valence electrons. The lowest BCUT2D eigenvalue weighted by Crippen LogP contribution is -2.40. The van der Waals surface area contributed by atoms with Gasteiger partial charge in [0.1, 0.15) is 12.3 Å². The molecule has 0 aliphatic rings. The number of para-hydroxylation sites is 1. The molecule has 0 aliphatic heterocycles. The van der Waals surface area contributed by atoms with Crippen molar-refractivity contribution < 1.29 is 17.9 Å². The highest BCUT2D eigenvalue weighted by Crippen LogP contribution is 2.25. The molecular formula is C22H20Cl2N2O4S. The van der Waals surface area contributed by atoms with Crippen LogP contribution in [0.15, 0.2) is 77.7 Å². The number of hydrogen-bond donors (Lipinski definition) is 1. The molecule has 0 saturated carbocycles. The van der Waals surface area contributed by atoms with Gasteiger partial charge in [-0.15, -0.1) is 0 Å². The molecule has 0 atom stereocenters. The molecule has 1 amide bonds. The molecule has 9 heteroatoms. The number of ether oxygens (including phenoxy) is 1. The van der Waals surface area contributed by atoms with Gasteiger partial charge >= 0.3 is 0 Å². The van der Waals surface area contributed by atoms with E-state index in [1.165, 1.54) is 19.2 Å². The molecule has 0 aromatic heterocycles. The largest absolute Gasteiger partial charge is 0.497 e. The fraction of sp³-hybridized carbons (Fsp3) is 0.136. The standard InChI is InChI=1S/C22H20Cl2N2O4S/c1-30-19-9-11-20(12-10-19)31(28,29)26(18-5-3-2-4-6-18)15-22(27)25-14-16-7-8-17(23)13-21(16)24/h2-13H,14-15H2,1H3,(H,25,27). The van der Waals surface area contributed by atoms with Gasteiger partial charge in [-0.2, -0.15) is 0 Å². The Morgan fingerprint density at radius 3 is 2.29 bits per heavy atom. The Labute approximate surface area is 191 Å². The maximum absolute atomic E-state index is 13.3. The predicted octanol–water partition coefficient (Wildman–Crippen LogP) is 4.51. The summed E-state index contributed by atoms with van der Waals surface area (Å²) in [5.74, 6) is 0.0507. The maximum Gasteiger partial charge on any atom is 0.264 e. The van der Waals surface area contributed by atoms with Crippen molar-refractivity contribution in [2.75, 3.05) is 18.0 Å². The third kappa shape index (κ3) is 5.70. The summed E-state index contributed by atoms with van der Waals surface area (Å²) >= 11 is 12.0. The highest BCUT2D eigenvalue weighted by atomic mass is 35.5. The first kappa shape index (κ1) is 22.9. The summed E-state index contributed by atoms with van der Waals surface area (Å²) in [5, 5.41) is 3.61. The Morgan fingerprint density at radius 2 is 1.68 bits per heavy atom. The van der Waals surface area contributed by atoms with Crippen molar-refractivity contribution >= 4 is 44.8 Å².